The molecule has 0 fully saturated rings. The minimum atomic E-state index is 0.490. The largest absolute Gasteiger partial charge is 0.462 e. The Kier molecular flexibility index (Phi) is 1.94. The molecule has 68 valence electrons. The summed E-state index contributed by atoms with van der Waals surface area (Å²) in [6.45, 7) is 0.490. The molecular weight excluding hydrogens is 164 g/mol. The Morgan fingerprint density at radius 2 is 2.15 bits per heavy atom. The van der Waals surface area contributed by atoms with Crippen LogP contribution >= 0.6 is 0 Å². The lowest BCUT2D eigenvalue weighted by Gasteiger charge is -2.13. The van der Waals surface area contributed by atoms with Gasteiger partial charge in [0.1, 0.15) is 11.8 Å². The van der Waals surface area contributed by atoms with E-state index in [1.165, 1.54) is 0 Å². The van der Waals surface area contributed by atoms with Gasteiger partial charge in [-0.2, -0.15) is 0 Å². The van der Waals surface area contributed by atoms with Crippen molar-refractivity contribution >= 4 is 16.7 Å². The lowest BCUT2D eigenvalue weighted by atomic mass is 10.2. The standard InChI is InChI=1S/C10H12N2O/c1-12(7-11)9-6-13-10-5-3-2-4-8(9)10/h2-6H,7,11H2,1H3. The van der Waals surface area contributed by atoms with E-state index in [-0.39, 0.29) is 0 Å². The molecule has 1 aromatic carbocycles. The predicted octanol–water partition coefficient (Wildman–Crippen LogP) is 1.79. The molecule has 0 radical (unpaired) electrons. The van der Waals surface area contributed by atoms with Gasteiger partial charge in [0, 0.05) is 12.4 Å². The number of nitrogens with two attached hydrogens (primary N) is 1. The van der Waals surface area contributed by atoms with E-state index in [1.807, 2.05) is 36.2 Å². The average molecular weight is 176 g/mol. The van der Waals surface area contributed by atoms with Crippen molar-refractivity contribution in [3.63, 3.8) is 0 Å². The number of fused-ring (bicyclic) bond motifs is 1. The molecule has 3 nitrogen and oxygen atoms in total. The second kappa shape index (κ2) is 3.11. The van der Waals surface area contributed by atoms with Crippen LogP contribution in [0.3, 0.4) is 0 Å². The Labute approximate surface area is 76.7 Å². The highest BCUT2D eigenvalue weighted by Gasteiger charge is 2.07. The second-order valence-electron chi connectivity index (χ2n) is 3.00. The first-order chi connectivity index (χ1) is 6.33. The number of hydrogen-bond acceptors (Lipinski definition) is 3. The zero-order chi connectivity index (χ0) is 9.26. The van der Waals surface area contributed by atoms with E-state index in [2.05, 4.69) is 0 Å². The van der Waals surface area contributed by atoms with Crippen LogP contribution < -0.4 is 10.6 Å². The van der Waals surface area contributed by atoms with Gasteiger partial charge < -0.3 is 15.1 Å². The van der Waals surface area contributed by atoms with E-state index < -0.39 is 0 Å². The SMILES string of the molecule is CN(CN)c1coc2ccccc12. The Bertz CT molecular complexity index is 408. The minimum absolute atomic E-state index is 0.490. The molecule has 0 atom stereocenters. The maximum atomic E-state index is 5.54. The fourth-order valence-corrected chi connectivity index (χ4v) is 1.36. The highest BCUT2D eigenvalue weighted by Crippen LogP contribution is 2.27. The van der Waals surface area contributed by atoms with Gasteiger partial charge in [0.25, 0.3) is 0 Å². The molecule has 0 unspecified atom stereocenters. The van der Waals surface area contributed by atoms with E-state index >= 15 is 0 Å². The zero-order valence-corrected chi connectivity index (χ0v) is 7.53. The summed E-state index contributed by atoms with van der Waals surface area (Å²) in [6.07, 6.45) is 1.73. The summed E-state index contributed by atoms with van der Waals surface area (Å²) in [5.41, 5.74) is 7.48. The third kappa shape index (κ3) is 1.27. The molecule has 0 bridgehead atoms. The van der Waals surface area contributed by atoms with Crippen LogP contribution in [-0.4, -0.2) is 13.7 Å². The Hall–Kier alpha value is -1.48. The highest BCUT2D eigenvalue weighted by atomic mass is 16.3. The van der Waals surface area contributed by atoms with E-state index in [1.54, 1.807) is 6.26 Å². The normalized spacial score (nSPS) is 10.6. The van der Waals surface area contributed by atoms with Crippen LogP contribution in [0.2, 0.25) is 0 Å². The minimum Gasteiger partial charge on any atom is -0.462 e. The molecule has 0 amide bonds. The number of para-hydroxylation sites is 1. The first-order valence-corrected chi connectivity index (χ1v) is 4.20. The van der Waals surface area contributed by atoms with Crippen LogP contribution in [0, 0.1) is 0 Å². The van der Waals surface area contributed by atoms with Gasteiger partial charge in [-0.3, -0.25) is 0 Å². The number of nitrogens with zero attached hydrogens (tertiary/aromatic N) is 1. The monoisotopic (exact) mass is 176 g/mol. The van der Waals surface area contributed by atoms with Gasteiger partial charge in [-0.25, -0.2) is 0 Å². The van der Waals surface area contributed by atoms with Gasteiger partial charge in [0.15, 0.2) is 0 Å². The van der Waals surface area contributed by atoms with Gasteiger partial charge >= 0.3 is 0 Å². The smallest absolute Gasteiger partial charge is 0.136 e. The summed E-state index contributed by atoms with van der Waals surface area (Å²) < 4.78 is 5.37. The van der Waals surface area contributed by atoms with Crippen LogP contribution in [0.4, 0.5) is 5.69 Å². The summed E-state index contributed by atoms with van der Waals surface area (Å²) in [6, 6.07) is 7.92. The van der Waals surface area contributed by atoms with Crippen LogP contribution in [0.25, 0.3) is 11.0 Å². The molecule has 2 N–H and O–H groups in total. The second-order valence-corrected chi connectivity index (χ2v) is 3.00. The van der Waals surface area contributed by atoms with Gasteiger partial charge in [-0.05, 0) is 12.1 Å². The Morgan fingerprint density at radius 3 is 2.92 bits per heavy atom. The topological polar surface area (TPSA) is 42.4 Å². The predicted molar refractivity (Wildman–Crippen MR) is 53.7 cm³/mol. The Morgan fingerprint density at radius 1 is 1.38 bits per heavy atom. The summed E-state index contributed by atoms with van der Waals surface area (Å²) in [5.74, 6) is 0. The van der Waals surface area contributed by atoms with Crippen LogP contribution in [0.1, 0.15) is 0 Å². The molecule has 1 heterocycles. The van der Waals surface area contributed by atoms with Crippen molar-refractivity contribution in [1.82, 2.24) is 0 Å². The lowest BCUT2D eigenvalue weighted by Crippen LogP contribution is -2.24. The molecule has 0 spiro atoms. The molecule has 1 aromatic heterocycles. The summed E-state index contributed by atoms with van der Waals surface area (Å²) >= 11 is 0. The zero-order valence-electron chi connectivity index (χ0n) is 7.53. The maximum absolute atomic E-state index is 5.54. The Balaban J connectivity index is 2.57. The molecule has 2 rings (SSSR count). The molecule has 0 aliphatic carbocycles. The van der Waals surface area contributed by atoms with E-state index in [0.717, 1.165) is 16.7 Å². The number of anilines is 1. The fourth-order valence-electron chi connectivity index (χ4n) is 1.36. The van der Waals surface area contributed by atoms with Crippen molar-refractivity contribution in [3.8, 4) is 0 Å². The van der Waals surface area contributed by atoms with Crippen molar-refractivity contribution in [2.45, 2.75) is 0 Å². The maximum Gasteiger partial charge on any atom is 0.136 e. The van der Waals surface area contributed by atoms with Crippen LogP contribution in [-0.2, 0) is 0 Å². The summed E-state index contributed by atoms with van der Waals surface area (Å²) in [5, 5.41) is 1.11. The van der Waals surface area contributed by atoms with Crippen molar-refractivity contribution in [3.05, 3.63) is 30.5 Å². The molecule has 3 heteroatoms. The molecule has 0 aliphatic heterocycles. The average Bonchev–Trinajstić information content (AvgIpc) is 2.60. The van der Waals surface area contributed by atoms with Crippen molar-refractivity contribution in [2.75, 3.05) is 18.6 Å². The first-order valence-electron chi connectivity index (χ1n) is 4.20. The number of benzene rings is 1. The molecular formula is C10H12N2O. The van der Waals surface area contributed by atoms with Crippen molar-refractivity contribution in [1.29, 1.82) is 0 Å². The molecule has 0 aliphatic rings. The molecule has 13 heavy (non-hydrogen) atoms. The first kappa shape index (κ1) is 8.13. The van der Waals surface area contributed by atoms with Gasteiger partial charge in [0.05, 0.1) is 12.4 Å². The van der Waals surface area contributed by atoms with E-state index in [4.69, 9.17) is 10.2 Å². The quantitative estimate of drug-likeness (QED) is 0.709. The number of rotatable bonds is 2. The fraction of sp³-hybridized carbons (Fsp3) is 0.200. The van der Waals surface area contributed by atoms with E-state index in [9.17, 15) is 0 Å². The summed E-state index contributed by atoms with van der Waals surface area (Å²) in [7, 11) is 1.94. The lowest BCUT2D eigenvalue weighted by molar-refractivity contribution is 0.614. The van der Waals surface area contributed by atoms with Crippen LogP contribution in [0.5, 0.6) is 0 Å². The third-order valence-electron chi connectivity index (χ3n) is 2.15. The molecule has 0 saturated carbocycles. The van der Waals surface area contributed by atoms with Gasteiger partial charge in [-0.15, -0.1) is 0 Å². The molecule has 0 saturated heterocycles. The van der Waals surface area contributed by atoms with E-state index in [0.29, 0.717) is 6.67 Å². The van der Waals surface area contributed by atoms with Crippen molar-refractivity contribution < 1.29 is 4.42 Å². The van der Waals surface area contributed by atoms with Crippen LogP contribution in [0.15, 0.2) is 34.9 Å². The highest BCUT2D eigenvalue weighted by molar-refractivity contribution is 5.90. The van der Waals surface area contributed by atoms with Crippen molar-refractivity contribution in [2.24, 2.45) is 5.73 Å². The van der Waals surface area contributed by atoms with Gasteiger partial charge in [0.2, 0.25) is 0 Å². The third-order valence-corrected chi connectivity index (χ3v) is 2.15. The van der Waals surface area contributed by atoms with Gasteiger partial charge in [-0.1, -0.05) is 12.1 Å². The number of hydrogen-bond donors (Lipinski definition) is 1. The number of furan rings is 1. The molecule has 2 aromatic rings. The summed E-state index contributed by atoms with van der Waals surface area (Å²) in [4.78, 5) is 1.95.